The lowest BCUT2D eigenvalue weighted by molar-refractivity contribution is -0.143. The molecule has 0 spiro atoms. The molecule has 4 nitrogen and oxygen atoms in total. The van der Waals surface area contributed by atoms with Gasteiger partial charge in [-0.1, -0.05) is 40.9 Å². The minimum atomic E-state index is -0.740. The van der Waals surface area contributed by atoms with E-state index in [2.05, 4.69) is 4.90 Å². The van der Waals surface area contributed by atoms with Gasteiger partial charge in [-0.2, -0.15) is 0 Å². The molecule has 7 heteroatoms. The van der Waals surface area contributed by atoms with Gasteiger partial charge in [0.1, 0.15) is 5.75 Å². The number of carboxylic acid groups (broad SMARTS) is 1. The maximum absolute atomic E-state index is 11.3. The lowest BCUT2D eigenvalue weighted by atomic mass is 9.91. The molecule has 1 heterocycles. The maximum atomic E-state index is 11.3. The standard InChI is InChI=1S/C20H20Cl3NO3/c1-27-18-5-3-13(21)10-16(18)19(15-4-2-14(22)11-17(15)23)24-8-6-12(7-9-24)20(25)26/h2-5,10-12,19H,6-9H2,1H3,(H,25,26). The SMILES string of the molecule is COc1ccc(Cl)cc1C(c1ccc(Cl)cc1Cl)N1CCC(C(=O)O)CC1. The third-order valence-electron chi connectivity index (χ3n) is 4.99. The smallest absolute Gasteiger partial charge is 0.306 e. The highest BCUT2D eigenvalue weighted by atomic mass is 35.5. The largest absolute Gasteiger partial charge is 0.496 e. The molecule has 1 fully saturated rings. The summed E-state index contributed by atoms with van der Waals surface area (Å²) in [6.07, 6.45) is 1.17. The van der Waals surface area contributed by atoms with Crippen molar-refractivity contribution < 1.29 is 14.6 Å². The Morgan fingerprint density at radius 1 is 1.07 bits per heavy atom. The van der Waals surface area contributed by atoms with E-state index in [4.69, 9.17) is 39.5 Å². The predicted molar refractivity (Wildman–Crippen MR) is 108 cm³/mol. The zero-order chi connectivity index (χ0) is 19.6. The minimum absolute atomic E-state index is 0.210. The number of carboxylic acids is 1. The van der Waals surface area contributed by atoms with Gasteiger partial charge in [-0.15, -0.1) is 0 Å². The summed E-state index contributed by atoms with van der Waals surface area (Å²) >= 11 is 18.9. The summed E-state index contributed by atoms with van der Waals surface area (Å²) in [5.41, 5.74) is 1.78. The number of rotatable bonds is 5. The number of ether oxygens (including phenoxy) is 1. The van der Waals surface area contributed by atoms with Crippen LogP contribution in [0.2, 0.25) is 15.1 Å². The lowest BCUT2D eigenvalue weighted by Gasteiger charge is -2.38. The number of hydrogen-bond acceptors (Lipinski definition) is 3. The molecule has 0 bridgehead atoms. The van der Waals surface area contributed by atoms with Crippen LogP contribution in [0.25, 0.3) is 0 Å². The van der Waals surface area contributed by atoms with Gasteiger partial charge >= 0.3 is 5.97 Å². The fourth-order valence-electron chi connectivity index (χ4n) is 3.61. The first-order valence-electron chi connectivity index (χ1n) is 8.66. The first-order chi connectivity index (χ1) is 12.9. The molecule has 2 aromatic rings. The van der Waals surface area contributed by atoms with Crippen molar-refractivity contribution in [1.29, 1.82) is 0 Å². The van der Waals surface area contributed by atoms with Crippen molar-refractivity contribution in [2.45, 2.75) is 18.9 Å². The summed E-state index contributed by atoms with van der Waals surface area (Å²) in [4.78, 5) is 13.5. The van der Waals surface area contributed by atoms with E-state index in [9.17, 15) is 9.90 Å². The average molecular weight is 429 g/mol. The Hall–Kier alpha value is -1.46. The van der Waals surface area contributed by atoms with E-state index in [0.29, 0.717) is 46.7 Å². The second kappa shape index (κ2) is 8.70. The van der Waals surface area contributed by atoms with Crippen LogP contribution in [0.1, 0.15) is 30.0 Å². The molecule has 0 amide bonds. The number of nitrogens with zero attached hydrogens (tertiary/aromatic N) is 1. The number of likely N-dealkylation sites (tertiary alicyclic amines) is 1. The van der Waals surface area contributed by atoms with Crippen LogP contribution in [-0.2, 0) is 4.79 Å². The Kier molecular flexibility index (Phi) is 6.53. The van der Waals surface area contributed by atoms with E-state index in [1.54, 1.807) is 25.3 Å². The van der Waals surface area contributed by atoms with Gasteiger partial charge in [0.15, 0.2) is 0 Å². The highest BCUT2D eigenvalue weighted by molar-refractivity contribution is 6.35. The third kappa shape index (κ3) is 4.52. The summed E-state index contributed by atoms with van der Waals surface area (Å²) < 4.78 is 5.57. The number of methoxy groups -OCH3 is 1. The Balaban J connectivity index is 2.05. The summed E-state index contributed by atoms with van der Waals surface area (Å²) in [6, 6.07) is 10.7. The van der Waals surface area contributed by atoms with Crippen LogP contribution in [0.5, 0.6) is 5.75 Å². The lowest BCUT2D eigenvalue weighted by Crippen LogP contribution is -2.39. The summed E-state index contributed by atoms with van der Waals surface area (Å²) in [5, 5.41) is 11.0. The van der Waals surface area contributed by atoms with E-state index in [1.807, 2.05) is 18.2 Å². The van der Waals surface area contributed by atoms with Crippen LogP contribution in [0, 0.1) is 5.92 Å². The fraction of sp³-hybridized carbons (Fsp3) is 0.350. The molecular formula is C20H20Cl3NO3. The van der Waals surface area contributed by atoms with Crippen LogP contribution in [-0.4, -0.2) is 36.2 Å². The fourth-order valence-corrected chi connectivity index (χ4v) is 4.30. The summed E-state index contributed by atoms with van der Waals surface area (Å²) in [6.45, 7) is 1.27. The number of carbonyl (C=O) groups is 1. The molecule has 1 aliphatic heterocycles. The number of benzene rings is 2. The molecule has 27 heavy (non-hydrogen) atoms. The molecule has 1 atom stereocenters. The van der Waals surface area contributed by atoms with Crippen LogP contribution in [0.15, 0.2) is 36.4 Å². The number of hydrogen-bond donors (Lipinski definition) is 1. The molecule has 1 unspecified atom stereocenters. The Morgan fingerprint density at radius 3 is 2.30 bits per heavy atom. The first-order valence-corrected chi connectivity index (χ1v) is 9.79. The van der Waals surface area contributed by atoms with Crippen LogP contribution >= 0.6 is 34.8 Å². The minimum Gasteiger partial charge on any atom is -0.496 e. The molecule has 0 radical (unpaired) electrons. The first kappa shape index (κ1) is 20.3. The number of piperidine rings is 1. The van der Waals surface area contributed by atoms with Crippen molar-refractivity contribution in [3.63, 3.8) is 0 Å². The monoisotopic (exact) mass is 427 g/mol. The van der Waals surface area contributed by atoms with E-state index >= 15 is 0 Å². The molecule has 0 saturated carbocycles. The maximum Gasteiger partial charge on any atom is 0.306 e. The van der Waals surface area contributed by atoms with Gasteiger partial charge in [0, 0.05) is 20.6 Å². The molecular weight excluding hydrogens is 409 g/mol. The van der Waals surface area contributed by atoms with Gasteiger partial charge in [0.2, 0.25) is 0 Å². The van der Waals surface area contributed by atoms with Crippen LogP contribution in [0.3, 0.4) is 0 Å². The van der Waals surface area contributed by atoms with E-state index in [0.717, 1.165) is 11.1 Å². The molecule has 0 aromatic heterocycles. The summed E-state index contributed by atoms with van der Waals surface area (Å²) in [7, 11) is 1.62. The molecule has 2 aromatic carbocycles. The van der Waals surface area contributed by atoms with Crippen molar-refractivity contribution in [3.05, 3.63) is 62.6 Å². The highest BCUT2D eigenvalue weighted by Crippen LogP contribution is 2.41. The van der Waals surface area contributed by atoms with Crippen molar-refractivity contribution in [1.82, 2.24) is 4.90 Å². The molecule has 1 aliphatic rings. The van der Waals surface area contributed by atoms with Crippen molar-refractivity contribution >= 4 is 40.8 Å². The number of halogens is 3. The predicted octanol–water partition coefficient (Wildman–Crippen LogP) is 5.54. The zero-order valence-electron chi connectivity index (χ0n) is 14.8. The van der Waals surface area contributed by atoms with Crippen molar-refractivity contribution in [2.24, 2.45) is 5.92 Å². The van der Waals surface area contributed by atoms with Crippen LogP contribution in [0.4, 0.5) is 0 Å². The zero-order valence-corrected chi connectivity index (χ0v) is 17.1. The van der Waals surface area contributed by atoms with E-state index in [1.165, 1.54) is 0 Å². The second-order valence-corrected chi connectivity index (χ2v) is 7.88. The third-order valence-corrected chi connectivity index (χ3v) is 5.78. The molecule has 0 aliphatic carbocycles. The van der Waals surface area contributed by atoms with Crippen molar-refractivity contribution in [2.75, 3.05) is 20.2 Å². The summed E-state index contributed by atoms with van der Waals surface area (Å²) in [5.74, 6) is -0.351. The van der Waals surface area contributed by atoms with E-state index in [-0.39, 0.29) is 12.0 Å². The van der Waals surface area contributed by atoms with Gasteiger partial charge in [0.05, 0.1) is 19.1 Å². The van der Waals surface area contributed by atoms with Gasteiger partial charge in [-0.3, -0.25) is 9.69 Å². The Morgan fingerprint density at radius 2 is 1.70 bits per heavy atom. The van der Waals surface area contributed by atoms with Gasteiger partial charge < -0.3 is 9.84 Å². The Bertz CT molecular complexity index is 835. The quantitative estimate of drug-likeness (QED) is 0.679. The van der Waals surface area contributed by atoms with Gasteiger partial charge in [-0.25, -0.2) is 0 Å². The topological polar surface area (TPSA) is 49.8 Å². The molecule has 1 saturated heterocycles. The second-order valence-electron chi connectivity index (χ2n) is 6.60. The normalized spacial score (nSPS) is 16.9. The van der Waals surface area contributed by atoms with Crippen molar-refractivity contribution in [3.8, 4) is 5.75 Å². The Labute approximate surface area is 173 Å². The van der Waals surface area contributed by atoms with Crippen LogP contribution < -0.4 is 4.74 Å². The molecule has 1 N–H and O–H groups in total. The van der Waals surface area contributed by atoms with Gasteiger partial charge in [-0.05, 0) is 61.8 Å². The molecule has 3 rings (SSSR count). The van der Waals surface area contributed by atoms with Gasteiger partial charge in [0.25, 0.3) is 0 Å². The van der Waals surface area contributed by atoms with E-state index < -0.39 is 5.97 Å². The average Bonchev–Trinajstić information content (AvgIpc) is 2.64. The number of aliphatic carboxylic acids is 1. The molecule has 144 valence electrons. The highest BCUT2D eigenvalue weighted by Gasteiger charge is 2.32.